The first-order valence-electron chi connectivity index (χ1n) is 8.75. The number of alkyl carbamates (subject to hydrolysis) is 1. The Hall–Kier alpha value is -2.87. The highest BCUT2D eigenvalue weighted by atomic mass is 79.9. The lowest BCUT2D eigenvalue weighted by molar-refractivity contribution is 0.110. The highest BCUT2D eigenvalue weighted by Crippen LogP contribution is 2.15. The summed E-state index contributed by atoms with van der Waals surface area (Å²) in [6.07, 6.45) is -1.26. The second kappa shape index (κ2) is 9.89. The van der Waals surface area contributed by atoms with E-state index in [1.54, 1.807) is 0 Å². The number of amides is 2. The maximum absolute atomic E-state index is 12.6. The fourth-order valence-corrected chi connectivity index (χ4v) is 3.11. The van der Waals surface area contributed by atoms with Gasteiger partial charge in [0.25, 0.3) is 0 Å². The lowest BCUT2D eigenvalue weighted by Crippen LogP contribution is -2.49. The molecule has 1 heterocycles. The summed E-state index contributed by atoms with van der Waals surface area (Å²) < 4.78 is 10.6. The van der Waals surface area contributed by atoms with Gasteiger partial charge in [-0.1, -0.05) is 76.6 Å². The number of guanidine groups is 1. The molecule has 8 heteroatoms. The second-order valence-corrected chi connectivity index (χ2v) is 6.72. The number of aliphatic imine (C=N–C) groups is 1. The number of nitrogens with zero attached hydrogens (tertiary/aromatic N) is 2. The normalized spacial score (nSPS) is 15.7. The van der Waals surface area contributed by atoms with Crippen LogP contribution in [-0.2, 0) is 22.7 Å². The molecule has 28 heavy (non-hydrogen) atoms. The van der Waals surface area contributed by atoms with Gasteiger partial charge in [-0.2, -0.15) is 0 Å². The fraction of sp³-hybridized carbons (Fsp3) is 0.250. The first kappa shape index (κ1) is 19.9. The lowest BCUT2D eigenvalue weighted by Gasteiger charge is -2.23. The van der Waals surface area contributed by atoms with Crippen molar-refractivity contribution in [1.29, 1.82) is 0 Å². The van der Waals surface area contributed by atoms with Crippen LogP contribution < -0.4 is 5.32 Å². The first-order chi connectivity index (χ1) is 13.7. The van der Waals surface area contributed by atoms with Crippen molar-refractivity contribution in [3.63, 3.8) is 0 Å². The topological polar surface area (TPSA) is 80.2 Å². The summed E-state index contributed by atoms with van der Waals surface area (Å²) in [6.45, 7) is 0.622. The Labute approximate surface area is 171 Å². The molecule has 1 N–H and O–H groups in total. The van der Waals surface area contributed by atoms with Gasteiger partial charge >= 0.3 is 12.2 Å². The van der Waals surface area contributed by atoms with Crippen LogP contribution in [0, 0.1) is 0 Å². The van der Waals surface area contributed by atoms with Gasteiger partial charge in [0.15, 0.2) is 0 Å². The predicted octanol–water partition coefficient (Wildman–Crippen LogP) is 3.68. The Bertz CT molecular complexity index is 830. The van der Waals surface area contributed by atoms with Crippen LogP contribution >= 0.6 is 15.9 Å². The Morgan fingerprint density at radius 3 is 2.14 bits per heavy atom. The van der Waals surface area contributed by atoms with Gasteiger partial charge in [-0.3, -0.25) is 10.3 Å². The number of alkyl halides is 1. The average molecular weight is 446 g/mol. The van der Waals surface area contributed by atoms with E-state index in [9.17, 15) is 9.59 Å². The quantitative estimate of drug-likeness (QED) is 0.711. The molecule has 0 bridgehead atoms. The molecule has 0 saturated carbocycles. The highest BCUT2D eigenvalue weighted by molar-refractivity contribution is 9.09. The van der Waals surface area contributed by atoms with E-state index in [0.717, 1.165) is 11.1 Å². The largest absolute Gasteiger partial charge is 0.444 e. The van der Waals surface area contributed by atoms with Gasteiger partial charge < -0.3 is 9.47 Å². The van der Waals surface area contributed by atoms with Crippen LogP contribution in [0.1, 0.15) is 11.1 Å². The number of carbonyl (C=O) groups is 2. The Balaban J connectivity index is 1.56. The van der Waals surface area contributed by atoms with Crippen LogP contribution in [0.4, 0.5) is 9.59 Å². The molecule has 7 nitrogen and oxygen atoms in total. The standard InChI is InChI=1S/C20H20BrN3O4/c21-11-17-12-22-18(23-19(25)27-13-15-7-3-1-4-8-15)24(17)20(26)28-14-16-9-5-2-6-10-16/h1-10,17H,11-14H2,(H,22,23,25). The zero-order valence-electron chi connectivity index (χ0n) is 15.1. The summed E-state index contributed by atoms with van der Waals surface area (Å²) in [6, 6.07) is 18.5. The molecule has 0 fully saturated rings. The van der Waals surface area contributed by atoms with E-state index in [0.29, 0.717) is 11.9 Å². The minimum absolute atomic E-state index is 0.125. The van der Waals surface area contributed by atoms with Gasteiger partial charge in [-0.05, 0) is 11.1 Å². The molecule has 0 spiro atoms. The lowest BCUT2D eigenvalue weighted by atomic mass is 10.2. The smallest absolute Gasteiger partial charge is 0.417 e. The number of nitrogens with one attached hydrogen (secondary N) is 1. The number of rotatable bonds is 5. The van der Waals surface area contributed by atoms with Crippen LogP contribution in [0.25, 0.3) is 0 Å². The zero-order chi connectivity index (χ0) is 19.8. The summed E-state index contributed by atoms with van der Waals surface area (Å²) in [5, 5.41) is 3.04. The molecule has 0 aliphatic carbocycles. The number of halogens is 1. The Morgan fingerprint density at radius 2 is 1.57 bits per heavy atom. The van der Waals surface area contributed by atoms with Crippen molar-refractivity contribution < 1.29 is 19.1 Å². The summed E-state index contributed by atoms with van der Waals surface area (Å²) in [7, 11) is 0. The Morgan fingerprint density at radius 1 is 1.00 bits per heavy atom. The zero-order valence-corrected chi connectivity index (χ0v) is 16.7. The third-order valence-electron chi connectivity index (χ3n) is 4.05. The van der Waals surface area contributed by atoms with Crippen molar-refractivity contribution in [2.75, 3.05) is 11.9 Å². The van der Waals surface area contributed by atoms with E-state index in [4.69, 9.17) is 9.47 Å². The molecule has 2 aromatic carbocycles. The second-order valence-electron chi connectivity index (χ2n) is 6.07. The van der Waals surface area contributed by atoms with E-state index in [1.807, 2.05) is 60.7 Å². The van der Waals surface area contributed by atoms with E-state index in [2.05, 4.69) is 26.2 Å². The number of benzene rings is 2. The third-order valence-corrected chi connectivity index (χ3v) is 4.80. The van der Waals surface area contributed by atoms with E-state index in [-0.39, 0.29) is 25.2 Å². The van der Waals surface area contributed by atoms with Crippen molar-refractivity contribution in [1.82, 2.24) is 10.2 Å². The Kier molecular flexibility index (Phi) is 7.02. The van der Waals surface area contributed by atoms with Crippen LogP contribution in [0.15, 0.2) is 65.7 Å². The minimum Gasteiger partial charge on any atom is -0.444 e. The minimum atomic E-state index is -0.682. The maximum Gasteiger partial charge on any atom is 0.417 e. The van der Waals surface area contributed by atoms with Gasteiger partial charge in [-0.25, -0.2) is 14.5 Å². The summed E-state index contributed by atoms with van der Waals surface area (Å²) in [4.78, 5) is 30.3. The van der Waals surface area contributed by atoms with Gasteiger partial charge in [0, 0.05) is 5.33 Å². The van der Waals surface area contributed by atoms with Crippen LogP contribution in [0.3, 0.4) is 0 Å². The van der Waals surface area contributed by atoms with E-state index >= 15 is 0 Å². The van der Waals surface area contributed by atoms with Gasteiger partial charge in [-0.15, -0.1) is 0 Å². The number of hydrogen-bond acceptors (Lipinski definition) is 5. The molecule has 1 aliphatic rings. The van der Waals surface area contributed by atoms with Crippen molar-refractivity contribution in [3.8, 4) is 0 Å². The molecule has 2 aromatic rings. The number of hydrogen-bond donors (Lipinski definition) is 1. The molecular formula is C20H20BrN3O4. The van der Waals surface area contributed by atoms with Crippen LogP contribution in [0.5, 0.6) is 0 Å². The highest BCUT2D eigenvalue weighted by Gasteiger charge is 2.34. The summed E-state index contributed by atoms with van der Waals surface area (Å²) in [5.41, 5.74) is 1.74. The van der Waals surface area contributed by atoms with E-state index < -0.39 is 12.2 Å². The molecule has 1 unspecified atom stereocenters. The monoisotopic (exact) mass is 445 g/mol. The van der Waals surface area contributed by atoms with Crippen LogP contribution in [-0.4, -0.2) is 41.0 Å². The van der Waals surface area contributed by atoms with Crippen molar-refractivity contribution in [2.45, 2.75) is 19.3 Å². The van der Waals surface area contributed by atoms with Crippen molar-refractivity contribution >= 4 is 34.1 Å². The van der Waals surface area contributed by atoms with E-state index in [1.165, 1.54) is 4.90 Å². The first-order valence-corrected chi connectivity index (χ1v) is 9.87. The molecule has 0 radical (unpaired) electrons. The fourth-order valence-electron chi connectivity index (χ4n) is 2.62. The average Bonchev–Trinajstić information content (AvgIpc) is 3.14. The molecule has 2 amide bonds. The van der Waals surface area contributed by atoms with Crippen LogP contribution in [0.2, 0.25) is 0 Å². The summed E-state index contributed by atoms with van der Waals surface area (Å²) in [5.74, 6) is 0.126. The SMILES string of the molecule is O=C(NC1=NCC(CBr)N1C(=O)OCc1ccccc1)OCc1ccccc1. The molecule has 1 atom stereocenters. The van der Waals surface area contributed by atoms with Crippen molar-refractivity contribution in [2.24, 2.45) is 4.99 Å². The molecule has 3 rings (SSSR count). The summed E-state index contributed by atoms with van der Waals surface area (Å²) >= 11 is 3.37. The van der Waals surface area contributed by atoms with Gasteiger partial charge in [0.05, 0.1) is 12.6 Å². The number of carbonyl (C=O) groups excluding carboxylic acids is 2. The predicted molar refractivity (Wildman–Crippen MR) is 108 cm³/mol. The third kappa shape index (κ3) is 5.32. The molecule has 146 valence electrons. The van der Waals surface area contributed by atoms with Crippen molar-refractivity contribution in [3.05, 3.63) is 71.8 Å². The number of ether oxygens (including phenoxy) is 2. The molecule has 0 saturated heterocycles. The molecule has 1 aliphatic heterocycles. The van der Waals surface area contributed by atoms with Gasteiger partial charge in [0.1, 0.15) is 13.2 Å². The maximum atomic E-state index is 12.6. The van der Waals surface area contributed by atoms with Gasteiger partial charge in [0.2, 0.25) is 5.96 Å². The molecule has 0 aromatic heterocycles. The molecular weight excluding hydrogens is 426 g/mol.